The molecule has 236 valence electrons. The lowest BCUT2D eigenvalue weighted by atomic mass is 10.0. The summed E-state index contributed by atoms with van der Waals surface area (Å²) in [4.78, 5) is 75.5. The number of nitrogens with one attached hydrogen (secondary N) is 2. The second-order valence-electron chi connectivity index (χ2n) is 10.7. The Morgan fingerprint density at radius 2 is 1.56 bits per heavy atom. The maximum Gasteiger partial charge on any atom is 0.407 e. The summed E-state index contributed by atoms with van der Waals surface area (Å²) in [6, 6.07) is 3.31. The van der Waals surface area contributed by atoms with Crippen molar-refractivity contribution in [3.63, 3.8) is 0 Å². The molecule has 0 aliphatic carbocycles. The second kappa shape index (κ2) is 15.5. The summed E-state index contributed by atoms with van der Waals surface area (Å²) >= 11 is 0. The molecule has 43 heavy (non-hydrogen) atoms. The number of anilines is 1. The lowest BCUT2D eigenvalue weighted by molar-refractivity contribution is -0.136. The predicted octanol–water partition coefficient (Wildman–Crippen LogP) is 0.871. The smallest absolute Gasteiger partial charge is 0.407 e. The van der Waals surface area contributed by atoms with Crippen LogP contribution < -0.4 is 10.6 Å². The number of carbonyl (C=O) groups excluding carboxylic acids is 5. The first-order chi connectivity index (χ1) is 20.4. The third-order valence-corrected chi connectivity index (χ3v) is 6.59. The fraction of sp³-hybridized carbons (Fsp3) is 0.571. The number of hydrogen-bond acceptors (Lipinski definition) is 10. The van der Waals surface area contributed by atoms with Crippen molar-refractivity contribution in [3.8, 4) is 0 Å². The Morgan fingerprint density at radius 1 is 0.953 bits per heavy atom. The summed E-state index contributed by atoms with van der Waals surface area (Å²) in [6.45, 7) is 7.21. The van der Waals surface area contributed by atoms with Gasteiger partial charge in [0.25, 0.3) is 11.8 Å². The predicted molar refractivity (Wildman–Crippen MR) is 150 cm³/mol. The molecule has 1 fully saturated rings. The number of fused-ring (bicyclic) bond motifs is 1. The van der Waals surface area contributed by atoms with Gasteiger partial charge in [-0.2, -0.15) is 0 Å². The van der Waals surface area contributed by atoms with Gasteiger partial charge in [-0.15, -0.1) is 0 Å². The summed E-state index contributed by atoms with van der Waals surface area (Å²) in [6.07, 6.45) is -0.963. The van der Waals surface area contributed by atoms with Crippen molar-refractivity contribution in [2.75, 3.05) is 64.7 Å². The minimum absolute atomic E-state index is 0.00505. The average Bonchev–Trinajstić information content (AvgIpc) is 3.18. The van der Waals surface area contributed by atoms with E-state index < -0.39 is 47.2 Å². The Bertz CT molecular complexity index is 1210. The number of carbonyl (C=O) groups is 6. The summed E-state index contributed by atoms with van der Waals surface area (Å²) in [5.41, 5.74) is -0.360. The Labute approximate surface area is 248 Å². The topological polar surface area (TPSA) is 190 Å². The van der Waals surface area contributed by atoms with Crippen LogP contribution in [0.2, 0.25) is 0 Å². The molecule has 2 aliphatic heterocycles. The molecule has 3 rings (SSSR count). The van der Waals surface area contributed by atoms with Gasteiger partial charge in [0, 0.05) is 18.5 Å². The van der Waals surface area contributed by atoms with E-state index in [0.717, 1.165) is 4.90 Å². The highest BCUT2D eigenvalue weighted by Crippen LogP contribution is 2.32. The minimum atomic E-state index is -1.11. The SMILES string of the molecule is CC(C)(C)N(CCOCCOCCOCCOCC(=O)Nc1cccc2c1C(=O)N(C1CCC(=O)NC1=O)C2=O)C(=O)O. The molecular weight excluding hydrogens is 568 g/mol. The Morgan fingerprint density at radius 3 is 2.14 bits per heavy atom. The van der Waals surface area contributed by atoms with Gasteiger partial charge in [0.15, 0.2) is 0 Å². The molecule has 1 aromatic rings. The molecule has 6 amide bonds. The first-order valence-corrected chi connectivity index (χ1v) is 13.9. The molecule has 0 saturated carbocycles. The molecule has 0 aromatic heterocycles. The minimum Gasteiger partial charge on any atom is -0.465 e. The second-order valence-corrected chi connectivity index (χ2v) is 10.7. The highest BCUT2D eigenvalue weighted by molar-refractivity contribution is 6.26. The molecule has 2 aliphatic rings. The quantitative estimate of drug-likeness (QED) is 0.179. The van der Waals surface area contributed by atoms with Crippen molar-refractivity contribution in [2.24, 2.45) is 0 Å². The van der Waals surface area contributed by atoms with E-state index in [2.05, 4.69) is 10.6 Å². The third kappa shape index (κ3) is 9.28. The van der Waals surface area contributed by atoms with Crippen LogP contribution in [0.3, 0.4) is 0 Å². The van der Waals surface area contributed by atoms with E-state index in [4.69, 9.17) is 18.9 Å². The molecule has 1 unspecified atom stereocenters. The fourth-order valence-corrected chi connectivity index (χ4v) is 4.50. The Balaban J connectivity index is 1.28. The number of amides is 6. The number of imide groups is 2. The number of nitrogens with zero attached hydrogens (tertiary/aromatic N) is 2. The summed E-state index contributed by atoms with van der Waals surface area (Å²) in [5, 5.41) is 14.0. The zero-order chi connectivity index (χ0) is 31.6. The highest BCUT2D eigenvalue weighted by atomic mass is 16.6. The van der Waals surface area contributed by atoms with Crippen molar-refractivity contribution >= 4 is 41.3 Å². The van der Waals surface area contributed by atoms with Gasteiger partial charge < -0.3 is 34.3 Å². The lowest BCUT2D eigenvalue weighted by Crippen LogP contribution is -2.54. The van der Waals surface area contributed by atoms with Gasteiger partial charge in [-0.1, -0.05) is 6.07 Å². The lowest BCUT2D eigenvalue weighted by Gasteiger charge is -2.32. The van der Waals surface area contributed by atoms with Gasteiger partial charge in [-0.05, 0) is 39.3 Å². The van der Waals surface area contributed by atoms with Gasteiger partial charge in [0.1, 0.15) is 12.6 Å². The fourth-order valence-electron chi connectivity index (χ4n) is 4.50. The van der Waals surface area contributed by atoms with Crippen LogP contribution in [0.5, 0.6) is 0 Å². The van der Waals surface area contributed by atoms with Crippen molar-refractivity contribution in [1.29, 1.82) is 0 Å². The molecule has 1 saturated heterocycles. The molecule has 0 bridgehead atoms. The number of piperidine rings is 1. The van der Waals surface area contributed by atoms with Crippen LogP contribution in [0.4, 0.5) is 10.5 Å². The molecule has 15 heteroatoms. The largest absolute Gasteiger partial charge is 0.465 e. The average molecular weight is 607 g/mol. The zero-order valence-corrected chi connectivity index (χ0v) is 24.5. The number of rotatable bonds is 16. The van der Waals surface area contributed by atoms with Crippen LogP contribution in [0, 0.1) is 0 Å². The van der Waals surface area contributed by atoms with E-state index in [1.165, 1.54) is 23.1 Å². The molecule has 0 radical (unpaired) electrons. The van der Waals surface area contributed by atoms with Crippen LogP contribution in [-0.2, 0) is 33.3 Å². The van der Waals surface area contributed by atoms with Gasteiger partial charge in [-0.3, -0.25) is 34.2 Å². The number of ether oxygens (including phenoxy) is 4. The number of carboxylic acid groups (broad SMARTS) is 1. The van der Waals surface area contributed by atoms with Gasteiger partial charge in [0.2, 0.25) is 17.7 Å². The van der Waals surface area contributed by atoms with E-state index in [1.54, 1.807) is 0 Å². The molecule has 3 N–H and O–H groups in total. The molecule has 15 nitrogen and oxygen atoms in total. The first kappa shape index (κ1) is 33.6. The summed E-state index contributed by atoms with van der Waals surface area (Å²) in [7, 11) is 0. The van der Waals surface area contributed by atoms with Crippen molar-refractivity contribution in [2.45, 2.75) is 45.2 Å². The standard InChI is InChI=1S/C28H38N4O11/c1-28(2,3)31(27(38)39)9-10-40-11-12-41-13-14-42-15-16-43-17-22(34)29-19-6-4-5-18-23(19)26(37)32(25(18)36)20-7-8-21(33)30-24(20)35/h4-6,20H,7-17H2,1-3H3,(H,29,34)(H,38,39)(H,30,33,35). The zero-order valence-electron chi connectivity index (χ0n) is 24.5. The van der Waals surface area contributed by atoms with E-state index in [1.807, 2.05) is 20.8 Å². The van der Waals surface area contributed by atoms with Crippen molar-refractivity contribution < 1.29 is 52.8 Å². The number of benzene rings is 1. The summed E-state index contributed by atoms with van der Waals surface area (Å²) in [5.74, 6) is -3.13. The van der Waals surface area contributed by atoms with Crippen LogP contribution in [-0.4, -0.2) is 122 Å². The van der Waals surface area contributed by atoms with E-state index in [0.29, 0.717) is 26.4 Å². The van der Waals surface area contributed by atoms with Crippen molar-refractivity contribution in [3.05, 3.63) is 29.3 Å². The number of hydrogen-bond donors (Lipinski definition) is 3. The van der Waals surface area contributed by atoms with Gasteiger partial charge in [0.05, 0.1) is 63.1 Å². The maximum absolute atomic E-state index is 13.1. The van der Waals surface area contributed by atoms with Crippen LogP contribution in [0.25, 0.3) is 0 Å². The summed E-state index contributed by atoms with van der Waals surface area (Å²) < 4.78 is 21.5. The monoisotopic (exact) mass is 606 g/mol. The van der Waals surface area contributed by atoms with E-state index >= 15 is 0 Å². The van der Waals surface area contributed by atoms with Crippen molar-refractivity contribution in [1.82, 2.24) is 15.1 Å². The van der Waals surface area contributed by atoms with Gasteiger partial charge >= 0.3 is 6.09 Å². The third-order valence-electron chi connectivity index (χ3n) is 6.59. The Kier molecular flexibility index (Phi) is 12.1. The normalized spacial score (nSPS) is 16.7. The molecule has 1 atom stereocenters. The van der Waals surface area contributed by atoms with Crippen LogP contribution in [0.1, 0.15) is 54.3 Å². The molecular formula is C28H38N4O11. The first-order valence-electron chi connectivity index (χ1n) is 13.9. The molecule has 0 spiro atoms. The molecule has 1 aromatic carbocycles. The van der Waals surface area contributed by atoms with E-state index in [-0.39, 0.29) is 62.6 Å². The van der Waals surface area contributed by atoms with Crippen LogP contribution in [0.15, 0.2) is 18.2 Å². The van der Waals surface area contributed by atoms with E-state index in [9.17, 15) is 33.9 Å². The highest BCUT2D eigenvalue weighted by Gasteiger charge is 2.45. The molecule has 2 heterocycles. The maximum atomic E-state index is 13.1. The van der Waals surface area contributed by atoms with Crippen LogP contribution >= 0.6 is 0 Å². The Hall–Kier alpha value is -3.92. The van der Waals surface area contributed by atoms with Gasteiger partial charge in [-0.25, -0.2) is 4.79 Å².